The molecule has 0 bridgehead atoms. The fraction of sp³-hybridized carbons (Fsp3) is 0.182. The maximum Gasteiger partial charge on any atom is 0.119 e. The molecule has 0 amide bonds. The molecule has 0 heterocycles. The maximum atomic E-state index is 5.26. The summed E-state index contributed by atoms with van der Waals surface area (Å²) in [5.41, 5.74) is 4.83. The number of nitrogens with zero attached hydrogens (tertiary/aromatic N) is 1. The summed E-state index contributed by atoms with van der Waals surface area (Å²) in [6, 6.07) is 27.8. The molecule has 0 aromatic heterocycles. The third-order valence-corrected chi connectivity index (χ3v) is 4.12. The van der Waals surface area contributed by atoms with E-state index in [2.05, 4.69) is 79.4 Å². The van der Waals surface area contributed by atoms with Crippen LogP contribution in [0.4, 0.5) is 11.4 Å². The first kappa shape index (κ1) is 16.1. The summed E-state index contributed by atoms with van der Waals surface area (Å²) in [6.07, 6.45) is 0. The minimum atomic E-state index is 0.362. The van der Waals surface area contributed by atoms with Crippen molar-refractivity contribution >= 4 is 11.4 Å². The third kappa shape index (κ3) is 3.43. The van der Waals surface area contributed by atoms with Gasteiger partial charge in [-0.3, -0.25) is 0 Å². The zero-order valence-corrected chi connectivity index (χ0v) is 14.4. The van der Waals surface area contributed by atoms with Gasteiger partial charge in [-0.1, -0.05) is 42.5 Å². The van der Waals surface area contributed by atoms with Crippen molar-refractivity contribution in [3.05, 3.63) is 78.9 Å². The van der Waals surface area contributed by atoms with Gasteiger partial charge in [-0.05, 0) is 61.4 Å². The van der Waals surface area contributed by atoms with Crippen LogP contribution in [0.2, 0.25) is 0 Å². The van der Waals surface area contributed by atoms with Gasteiger partial charge in [-0.25, -0.2) is 0 Å². The summed E-state index contributed by atoms with van der Waals surface area (Å²) in [5.74, 6) is 0.877. The first-order valence-electron chi connectivity index (χ1n) is 8.28. The third-order valence-electron chi connectivity index (χ3n) is 4.12. The van der Waals surface area contributed by atoms with Gasteiger partial charge in [0.1, 0.15) is 5.75 Å². The quantitative estimate of drug-likeness (QED) is 0.580. The number of hydrogen-bond donors (Lipinski definition) is 0. The normalized spacial score (nSPS) is 10.7. The van der Waals surface area contributed by atoms with Crippen molar-refractivity contribution < 1.29 is 4.74 Å². The lowest BCUT2D eigenvalue weighted by Crippen LogP contribution is -2.25. The number of rotatable bonds is 5. The Kier molecular flexibility index (Phi) is 4.85. The minimum Gasteiger partial charge on any atom is -0.497 e. The first-order chi connectivity index (χ1) is 11.7. The van der Waals surface area contributed by atoms with Crippen molar-refractivity contribution in [1.82, 2.24) is 0 Å². The van der Waals surface area contributed by atoms with Crippen molar-refractivity contribution in [3.8, 4) is 16.9 Å². The first-order valence-corrected chi connectivity index (χ1v) is 8.28. The highest BCUT2D eigenvalue weighted by atomic mass is 16.5. The van der Waals surface area contributed by atoms with Crippen LogP contribution in [0.15, 0.2) is 78.9 Å². The molecule has 24 heavy (non-hydrogen) atoms. The lowest BCUT2D eigenvalue weighted by Gasteiger charge is -2.29. The van der Waals surface area contributed by atoms with Crippen LogP contribution in [0.3, 0.4) is 0 Å². The molecule has 0 aliphatic rings. The van der Waals surface area contributed by atoms with Crippen LogP contribution >= 0.6 is 0 Å². The van der Waals surface area contributed by atoms with Crippen LogP contribution < -0.4 is 9.64 Å². The molecular formula is C22H23NO. The molecule has 0 N–H and O–H groups in total. The van der Waals surface area contributed by atoms with E-state index in [1.54, 1.807) is 7.11 Å². The van der Waals surface area contributed by atoms with Gasteiger partial charge in [0, 0.05) is 17.4 Å². The van der Waals surface area contributed by atoms with Crippen molar-refractivity contribution in [3.63, 3.8) is 0 Å². The molecule has 0 saturated carbocycles. The summed E-state index contributed by atoms with van der Waals surface area (Å²) < 4.78 is 5.26. The van der Waals surface area contributed by atoms with E-state index < -0.39 is 0 Å². The summed E-state index contributed by atoms with van der Waals surface area (Å²) in [5, 5.41) is 0. The average Bonchev–Trinajstić information content (AvgIpc) is 2.63. The zero-order chi connectivity index (χ0) is 16.9. The van der Waals surface area contributed by atoms with E-state index in [0.29, 0.717) is 6.04 Å². The predicted molar refractivity (Wildman–Crippen MR) is 102 cm³/mol. The summed E-state index contributed by atoms with van der Waals surface area (Å²) >= 11 is 0. The van der Waals surface area contributed by atoms with Crippen molar-refractivity contribution in [2.75, 3.05) is 12.0 Å². The van der Waals surface area contributed by atoms with E-state index in [1.807, 2.05) is 18.2 Å². The number of ether oxygens (including phenoxy) is 1. The molecule has 3 aromatic rings. The molecule has 0 aliphatic carbocycles. The number of benzene rings is 3. The van der Waals surface area contributed by atoms with Gasteiger partial charge in [0.05, 0.1) is 7.11 Å². The Balaban J connectivity index is 1.91. The molecule has 2 nitrogen and oxygen atoms in total. The molecule has 0 spiro atoms. The fourth-order valence-corrected chi connectivity index (χ4v) is 2.93. The van der Waals surface area contributed by atoms with Gasteiger partial charge in [-0.15, -0.1) is 0 Å². The fourth-order valence-electron chi connectivity index (χ4n) is 2.93. The van der Waals surface area contributed by atoms with E-state index in [1.165, 1.54) is 22.5 Å². The van der Waals surface area contributed by atoms with Crippen LogP contribution in [0, 0.1) is 0 Å². The maximum absolute atomic E-state index is 5.26. The second-order valence-corrected chi connectivity index (χ2v) is 6.07. The molecule has 0 fully saturated rings. The van der Waals surface area contributed by atoms with Gasteiger partial charge in [0.15, 0.2) is 0 Å². The van der Waals surface area contributed by atoms with Gasteiger partial charge < -0.3 is 9.64 Å². The van der Waals surface area contributed by atoms with Crippen LogP contribution in [0.5, 0.6) is 5.75 Å². The van der Waals surface area contributed by atoms with Crippen LogP contribution in [-0.2, 0) is 0 Å². The van der Waals surface area contributed by atoms with E-state index in [0.717, 1.165) is 5.75 Å². The van der Waals surface area contributed by atoms with Crippen LogP contribution in [-0.4, -0.2) is 13.2 Å². The minimum absolute atomic E-state index is 0.362. The van der Waals surface area contributed by atoms with Gasteiger partial charge in [0.2, 0.25) is 0 Å². The van der Waals surface area contributed by atoms with Gasteiger partial charge in [-0.2, -0.15) is 0 Å². The van der Waals surface area contributed by atoms with E-state index >= 15 is 0 Å². The Morgan fingerprint density at radius 2 is 1.17 bits per heavy atom. The Labute approximate surface area is 144 Å². The monoisotopic (exact) mass is 317 g/mol. The van der Waals surface area contributed by atoms with Gasteiger partial charge >= 0.3 is 0 Å². The molecule has 122 valence electrons. The highest BCUT2D eigenvalue weighted by Gasteiger charge is 2.13. The molecule has 2 heteroatoms. The summed E-state index contributed by atoms with van der Waals surface area (Å²) in [6.45, 7) is 4.41. The second kappa shape index (κ2) is 7.22. The van der Waals surface area contributed by atoms with Crippen molar-refractivity contribution in [2.24, 2.45) is 0 Å². The van der Waals surface area contributed by atoms with Crippen LogP contribution in [0.25, 0.3) is 11.1 Å². The molecule has 3 rings (SSSR count). The SMILES string of the molecule is COc1ccc(N(c2ccc(-c3ccccc3)cc2)C(C)C)cc1. The second-order valence-electron chi connectivity index (χ2n) is 6.07. The number of methoxy groups -OCH3 is 1. The Morgan fingerprint density at radius 1 is 0.667 bits per heavy atom. The molecule has 0 unspecified atom stereocenters. The summed E-state index contributed by atoms with van der Waals surface area (Å²) in [7, 11) is 1.69. The molecule has 0 radical (unpaired) electrons. The van der Waals surface area contributed by atoms with E-state index in [9.17, 15) is 0 Å². The molecule has 0 atom stereocenters. The topological polar surface area (TPSA) is 12.5 Å². The molecule has 0 saturated heterocycles. The molecule has 0 aliphatic heterocycles. The lowest BCUT2D eigenvalue weighted by atomic mass is 10.0. The highest BCUT2D eigenvalue weighted by Crippen LogP contribution is 2.31. The van der Waals surface area contributed by atoms with Crippen molar-refractivity contribution in [2.45, 2.75) is 19.9 Å². The molecular weight excluding hydrogens is 294 g/mol. The smallest absolute Gasteiger partial charge is 0.119 e. The Bertz CT molecular complexity index is 761. The Hall–Kier alpha value is -2.74. The zero-order valence-electron chi connectivity index (χ0n) is 14.4. The Morgan fingerprint density at radius 3 is 1.67 bits per heavy atom. The highest BCUT2D eigenvalue weighted by molar-refractivity contribution is 5.70. The average molecular weight is 317 g/mol. The van der Waals surface area contributed by atoms with Gasteiger partial charge in [0.25, 0.3) is 0 Å². The van der Waals surface area contributed by atoms with E-state index in [4.69, 9.17) is 4.74 Å². The van der Waals surface area contributed by atoms with Crippen molar-refractivity contribution in [1.29, 1.82) is 0 Å². The number of anilines is 2. The largest absolute Gasteiger partial charge is 0.497 e. The standard InChI is InChI=1S/C22H23NO/c1-17(2)23(21-13-15-22(24-3)16-14-21)20-11-9-19(10-12-20)18-7-5-4-6-8-18/h4-17H,1-3H3. The summed E-state index contributed by atoms with van der Waals surface area (Å²) in [4.78, 5) is 2.33. The number of hydrogen-bond acceptors (Lipinski definition) is 2. The van der Waals surface area contributed by atoms with E-state index in [-0.39, 0.29) is 0 Å². The predicted octanol–water partition coefficient (Wildman–Crippen LogP) is 5.91. The van der Waals surface area contributed by atoms with Crippen LogP contribution in [0.1, 0.15) is 13.8 Å². The lowest BCUT2D eigenvalue weighted by molar-refractivity contribution is 0.415. The molecule has 3 aromatic carbocycles.